The maximum Gasteiger partial charge on any atom is 0.261 e. The summed E-state index contributed by atoms with van der Waals surface area (Å²) in [5.74, 6) is -1.27. The zero-order valence-electron chi connectivity index (χ0n) is 11.3. The molecule has 1 unspecified atom stereocenters. The van der Waals surface area contributed by atoms with E-state index in [1.807, 2.05) is 23.8 Å². The van der Waals surface area contributed by atoms with Gasteiger partial charge in [-0.1, -0.05) is 6.07 Å². The number of aromatic nitrogens is 1. The van der Waals surface area contributed by atoms with Crippen LogP contribution in [0.2, 0.25) is 0 Å². The highest BCUT2D eigenvalue weighted by Gasteiger charge is 2.22. The summed E-state index contributed by atoms with van der Waals surface area (Å²) in [6.45, 7) is 2.04. The second-order valence-corrected chi connectivity index (χ2v) is 6.18. The van der Waals surface area contributed by atoms with Crippen molar-refractivity contribution in [3.8, 4) is 6.07 Å². The molecular formula is C14H13N3O2S2. The molecule has 21 heavy (non-hydrogen) atoms. The Morgan fingerprint density at radius 3 is 2.86 bits per heavy atom. The second-order valence-electron chi connectivity index (χ2n) is 4.34. The molecule has 0 saturated heterocycles. The summed E-state index contributed by atoms with van der Waals surface area (Å²) in [4.78, 5) is 28.5. The van der Waals surface area contributed by atoms with E-state index in [1.165, 1.54) is 22.7 Å². The third-order valence-corrected chi connectivity index (χ3v) is 4.63. The minimum absolute atomic E-state index is 0.119. The number of amides is 1. The molecule has 1 N–H and O–H groups in total. The highest BCUT2D eigenvalue weighted by atomic mass is 32.1. The fourth-order valence-corrected chi connectivity index (χ4v) is 3.21. The van der Waals surface area contributed by atoms with Gasteiger partial charge in [-0.05, 0) is 18.4 Å². The van der Waals surface area contributed by atoms with Crippen LogP contribution in [0.25, 0.3) is 0 Å². The molecule has 2 rings (SSSR count). The minimum Gasteiger partial charge on any atom is -0.351 e. The number of ketones is 1. The van der Waals surface area contributed by atoms with Gasteiger partial charge in [-0.25, -0.2) is 4.98 Å². The first-order valence-corrected chi connectivity index (χ1v) is 8.04. The molecule has 0 fully saturated rings. The number of rotatable bonds is 6. The Labute approximate surface area is 130 Å². The van der Waals surface area contributed by atoms with Crippen LogP contribution in [0.3, 0.4) is 0 Å². The fraction of sp³-hybridized carbons (Fsp3) is 0.286. The van der Waals surface area contributed by atoms with E-state index < -0.39 is 5.92 Å². The van der Waals surface area contributed by atoms with E-state index in [4.69, 9.17) is 5.26 Å². The fourth-order valence-electron chi connectivity index (χ4n) is 1.71. The van der Waals surface area contributed by atoms with Crippen LogP contribution >= 0.6 is 22.7 Å². The Bertz CT molecular complexity index is 671. The van der Waals surface area contributed by atoms with Crippen LogP contribution in [0, 0.1) is 18.3 Å². The monoisotopic (exact) mass is 319 g/mol. The van der Waals surface area contributed by atoms with Gasteiger partial charge in [-0.2, -0.15) is 5.26 Å². The molecule has 7 heteroatoms. The third-order valence-electron chi connectivity index (χ3n) is 2.74. The van der Waals surface area contributed by atoms with Gasteiger partial charge in [0.15, 0.2) is 11.7 Å². The van der Waals surface area contributed by atoms with Gasteiger partial charge in [0.05, 0.1) is 10.9 Å². The zero-order valence-corrected chi connectivity index (χ0v) is 13.0. The van der Waals surface area contributed by atoms with Crippen LogP contribution in [-0.2, 0) is 4.79 Å². The summed E-state index contributed by atoms with van der Waals surface area (Å²) in [6, 6.07) is 5.50. The molecule has 0 aromatic carbocycles. The molecule has 0 radical (unpaired) electrons. The highest BCUT2D eigenvalue weighted by Crippen LogP contribution is 2.21. The van der Waals surface area contributed by atoms with Gasteiger partial charge in [0.25, 0.3) is 5.91 Å². The molecule has 108 valence electrons. The lowest BCUT2D eigenvalue weighted by atomic mass is 10.0. The van der Waals surface area contributed by atoms with Crippen molar-refractivity contribution in [3.63, 3.8) is 0 Å². The Kier molecular flexibility index (Phi) is 5.20. The Morgan fingerprint density at radius 1 is 1.48 bits per heavy atom. The number of hydrogen-bond acceptors (Lipinski definition) is 6. The number of carbonyl (C=O) groups excluding carboxylic acids is 2. The van der Waals surface area contributed by atoms with Crippen LogP contribution < -0.4 is 5.32 Å². The third kappa shape index (κ3) is 3.97. The Hall–Kier alpha value is -2.04. The number of nitrogens with zero attached hydrogens (tertiary/aromatic N) is 2. The Balaban J connectivity index is 1.86. The van der Waals surface area contributed by atoms with Crippen molar-refractivity contribution in [1.82, 2.24) is 10.3 Å². The molecule has 2 heterocycles. The summed E-state index contributed by atoms with van der Waals surface area (Å²) in [6.07, 6.45) is 0.119. The largest absolute Gasteiger partial charge is 0.351 e. The lowest BCUT2D eigenvalue weighted by molar-refractivity contribution is -0.119. The molecule has 2 aromatic rings. The molecular weight excluding hydrogens is 306 g/mol. The molecule has 0 aliphatic carbocycles. The van der Waals surface area contributed by atoms with E-state index >= 15 is 0 Å². The number of thiazole rings is 1. The first kappa shape index (κ1) is 15.4. The average Bonchev–Trinajstić information content (AvgIpc) is 3.11. The number of carbonyl (C=O) groups is 2. The second kappa shape index (κ2) is 7.11. The predicted octanol–water partition coefficient (Wildman–Crippen LogP) is 2.51. The van der Waals surface area contributed by atoms with Crippen molar-refractivity contribution in [3.05, 3.63) is 38.5 Å². The molecule has 0 bridgehead atoms. The Morgan fingerprint density at radius 2 is 2.29 bits per heavy atom. The van der Waals surface area contributed by atoms with Gasteiger partial charge < -0.3 is 5.32 Å². The zero-order chi connectivity index (χ0) is 15.2. The molecule has 0 aliphatic heterocycles. The molecule has 2 aromatic heterocycles. The quantitative estimate of drug-likeness (QED) is 0.887. The first-order chi connectivity index (χ1) is 10.1. The van der Waals surface area contributed by atoms with E-state index in [2.05, 4.69) is 10.3 Å². The molecule has 0 aliphatic rings. The van der Waals surface area contributed by atoms with Gasteiger partial charge in [-0.15, -0.1) is 22.7 Å². The lowest BCUT2D eigenvalue weighted by Crippen LogP contribution is -2.26. The summed E-state index contributed by atoms with van der Waals surface area (Å²) in [5.41, 5.74) is 0.800. The number of nitriles is 1. The summed E-state index contributed by atoms with van der Waals surface area (Å²) >= 11 is 2.65. The van der Waals surface area contributed by atoms with Crippen molar-refractivity contribution >= 4 is 34.4 Å². The van der Waals surface area contributed by atoms with E-state index in [0.717, 1.165) is 5.69 Å². The predicted molar refractivity (Wildman–Crippen MR) is 81.5 cm³/mol. The van der Waals surface area contributed by atoms with Crippen molar-refractivity contribution in [2.24, 2.45) is 0 Å². The molecule has 0 spiro atoms. The number of thiophene rings is 1. The first-order valence-electron chi connectivity index (χ1n) is 6.28. The van der Waals surface area contributed by atoms with E-state index in [0.29, 0.717) is 9.88 Å². The number of aryl methyl sites for hydroxylation is 1. The molecule has 1 amide bonds. The van der Waals surface area contributed by atoms with Crippen LogP contribution in [0.1, 0.15) is 32.7 Å². The van der Waals surface area contributed by atoms with Crippen LogP contribution in [-0.4, -0.2) is 23.2 Å². The van der Waals surface area contributed by atoms with Crippen LogP contribution in [0.5, 0.6) is 0 Å². The van der Waals surface area contributed by atoms with Crippen molar-refractivity contribution < 1.29 is 9.59 Å². The summed E-state index contributed by atoms with van der Waals surface area (Å²) in [5, 5.41) is 15.9. The van der Waals surface area contributed by atoms with Crippen molar-refractivity contribution in [1.29, 1.82) is 5.26 Å². The summed E-state index contributed by atoms with van der Waals surface area (Å²) in [7, 11) is 0. The normalized spacial score (nSPS) is 11.6. The van der Waals surface area contributed by atoms with Crippen molar-refractivity contribution in [2.75, 3.05) is 6.54 Å². The smallest absolute Gasteiger partial charge is 0.261 e. The lowest BCUT2D eigenvalue weighted by Gasteiger charge is -2.06. The van der Waals surface area contributed by atoms with Gasteiger partial charge in [0.2, 0.25) is 0 Å². The molecule has 5 nitrogen and oxygen atoms in total. The van der Waals surface area contributed by atoms with Crippen LogP contribution in [0.4, 0.5) is 0 Å². The van der Waals surface area contributed by atoms with E-state index in [9.17, 15) is 9.59 Å². The summed E-state index contributed by atoms with van der Waals surface area (Å²) < 4.78 is 0. The number of nitrogens with one attached hydrogen (secondary N) is 1. The highest BCUT2D eigenvalue weighted by molar-refractivity contribution is 7.12. The van der Waals surface area contributed by atoms with Gasteiger partial charge >= 0.3 is 0 Å². The molecule has 0 saturated carbocycles. The van der Waals surface area contributed by atoms with Crippen molar-refractivity contribution in [2.45, 2.75) is 19.3 Å². The van der Waals surface area contributed by atoms with Gasteiger partial charge in [-0.3, -0.25) is 9.59 Å². The van der Waals surface area contributed by atoms with Crippen LogP contribution in [0.15, 0.2) is 22.9 Å². The van der Waals surface area contributed by atoms with Gasteiger partial charge in [0, 0.05) is 24.0 Å². The minimum atomic E-state index is -0.845. The maximum atomic E-state index is 12.0. The van der Waals surface area contributed by atoms with E-state index in [1.54, 1.807) is 12.1 Å². The maximum absolute atomic E-state index is 12.0. The van der Waals surface area contributed by atoms with E-state index in [-0.39, 0.29) is 24.7 Å². The SMILES string of the molecule is Cc1csc(C(C#N)C(=O)CCNC(=O)c2cccs2)n1. The topological polar surface area (TPSA) is 82.9 Å². The average molecular weight is 319 g/mol. The molecule has 1 atom stereocenters. The van der Waals surface area contributed by atoms with Gasteiger partial charge in [0.1, 0.15) is 5.01 Å². The standard InChI is InChI=1S/C14H13N3O2S2/c1-9-8-21-14(17-9)10(7-15)11(18)4-5-16-13(19)12-3-2-6-20-12/h2-3,6,8,10H,4-5H2,1H3,(H,16,19). The number of Topliss-reactive ketones (excluding diaryl/α,β-unsaturated/α-hetero) is 1. The number of hydrogen-bond donors (Lipinski definition) is 1.